The summed E-state index contributed by atoms with van der Waals surface area (Å²) in [6.45, 7) is 4.92. The van der Waals surface area contributed by atoms with Gasteiger partial charge in [-0.25, -0.2) is 4.39 Å². The Morgan fingerprint density at radius 3 is 2.08 bits per heavy atom. The van der Waals surface area contributed by atoms with E-state index in [4.69, 9.17) is 4.74 Å². The minimum absolute atomic E-state index is 0.283. The molecule has 0 aromatic heterocycles. The Morgan fingerprint density at radius 2 is 1.38 bits per heavy atom. The number of aryl methyl sites for hydroxylation is 1. The van der Waals surface area contributed by atoms with Gasteiger partial charge in [-0.15, -0.1) is 0 Å². The number of halogens is 1. The predicted octanol–water partition coefficient (Wildman–Crippen LogP) is 7.57. The maximum absolute atomic E-state index is 14.2. The monoisotopic (exact) mass is 356 g/mol. The summed E-state index contributed by atoms with van der Waals surface area (Å²) in [5, 5.41) is 0. The Labute approximate surface area is 158 Å². The van der Waals surface area contributed by atoms with Crippen LogP contribution < -0.4 is 4.74 Å². The Bertz CT molecular complexity index is 633. The molecule has 0 heterocycles. The second-order valence-corrected chi connectivity index (χ2v) is 7.06. The molecule has 0 aliphatic carbocycles. The molecule has 26 heavy (non-hydrogen) atoms. The summed E-state index contributed by atoms with van der Waals surface area (Å²) in [5.41, 5.74) is 3.32. The largest absolute Gasteiger partial charge is 0.491 e. The van der Waals surface area contributed by atoms with Crippen LogP contribution in [0.15, 0.2) is 42.5 Å². The molecule has 0 atom stereocenters. The van der Waals surface area contributed by atoms with Crippen LogP contribution in [0, 0.1) is 5.82 Å². The molecule has 0 aliphatic heterocycles. The summed E-state index contributed by atoms with van der Waals surface area (Å²) < 4.78 is 19.7. The van der Waals surface area contributed by atoms with Crippen molar-refractivity contribution < 1.29 is 9.13 Å². The van der Waals surface area contributed by atoms with Gasteiger partial charge in [0.15, 0.2) is 11.6 Å². The quantitative estimate of drug-likeness (QED) is 0.356. The highest BCUT2D eigenvalue weighted by Crippen LogP contribution is 2.26. The first-order chi connectivity index (χ1) is 12.7. The van der Waals surface area contributed by atoms with Crippen molar-refractivity contribution in [2.75, 3.05) is 6.61 Å². The van der Waals surface area contributed by atoms with Gasteiger partial charge in [-0.3, -0.25) is 0 Å². The third-order valence-corrected chi connectivity index (χ3v) is 4.79. The van der Waals surface area contributed by atoms with Gasteiger partial charge in [-0.05, 0) is 48.1 Å². The second kappa shape index (κ2) is 11.7. The molecule has 2 heteroatoms. The van der Waals surface area contributed by atoms with Crippen molar-refractivity contribution in [1.82, 2.24) is 0 Å². The number of ether oxygens (including phenoxy) is 1. The van der Waals surface area contributed by atoms with Crippen LogP contribution in [-0.2, 0) is 6.42 Å². The molecule has 1 nitrogen and oxygen atoms in total. The van der Waals surface area contributed by atoms with Gasteiger partial charge in [-0.2, -0.15) is 0 Å². The maximum Gasteiger partial charge on any atom is 0.165 e. The highest BCUT2D eigenvalue weighted by molar-refractivity contribution is 5.64. The van der Waals surface area contributed by atoms with Crippen molar-refractivity contribution in [1.29, 1.82) is 0 Å². The van der Waals surface area contributed by atoms with Crippen LogP contribution in [0.25, 0.3) is 11.1 Å². The van der Waals surface area contributed by atoms with Crippen molar-refractivity contribution in [3.05, 3.63) is 53.8 Å². The molecule has 0 aliphatic rings. The topological polar surface area (TPSA) is 9.23 Å². The molecule has 2 aromatic carbocycles. The van der Waals surface area contributed by atoms with Crippen LogP contribution in [0.2, 0.25) is 0 Å². The zero-order chi connectivity index (χ0) is 18.6. The molecular formula is C24H33FO. The minimum Gasteiger partial charge on any atom is -0.491 e. The average Bonchev–Trinajstić information content (AvgIpc) is 2.66. The van der Waals surface area contributed by atoms with E-state index in [9.17, 15) is 4.39 Å². The molecule has 0 saturated heterocycles. The van der Waals surface area contributed by atoms with Crippen LogP contribution >= 0.6 is 0 Å². The Kier molecular flexibility index (Phi) is 9.23. The van der Waals surface area contributed by atoms with E-state index in [-0.39, 0.29) is 5.82 Å². The van der Waals surface area contributed by atoms with Gasteiger partial charge in [0.05, 0.1) is 6.61 Å². The fourth-order valence-corrected chi connectivity index (χ4v) is 3.10. The third-order valence-electron chi connectivity index (χ3n) is 4.79. The summed E-state index contributed by atoms with van der Waals surface area (Å²) >= 11 is 0. The summed E-state index contributed by atoms with van der Waals surface area (Å²) in [6, 6.07) is 13.8. The molecule has 0 bridgehead atoms. The molecule has 0 N–H and O–H groups in total. The molecular weight excluding hydrogens is 323 g/mol. The minimum atomic E-state index is -0.283. The van der Waals surface area contributed by atoms with Gasteiger partial charge in [0.2, 0.25) is 0 Å². The zero-order valence-electron chi connectivity index (χ0n) is 16.4. The number of hydrogen-bond acceptors (Lipinski definition) is 1. The summed E-state index contributed by atoms with van der Waals surface area (Å²) in [4.78, 5) is 0. The predicted molar refractivity (Wildman–Crippen MR) is 109 cm³/mol. The van der Waals surface area contributed by atoms with Crippen molar-refractivity contribution in [2.45, 2.75) is 71.6 Å². The van der Waals surface area contributed by atoms with E-state index < -0.39 is 0 Å². The SMILES string of the molecule is CCCCCCCCc1ccc(-c2ccc(OCCCC)c(F)c2)cc1. The van der Waals surface area contributed by atoms with E-state index in [1.54, 1.807) is 12.1 Å². The van der Waals surface area contributed by atoms with E-state index in [1.807, 2.05) is 6.07 Å². The van der Waals surface area contributed by atoms with Crippen LogP contribution in [0.5, 0.6) is 5.75 Å². The smallest absolute Gasteiger partial charge is 0.165 e. The molecule has 0 spiro atoms. The number of rotatable bonds is 12. The fourth-order valence-electron chi connectivity index (χ4n) is 3.10. The van der Waals surface area contributed by atoms with Gasteiger partial charge in [0.25, 0.3) is 0 Å². The number of unbranched alkanes of at least 4 members (excludes halogenated alkanes) is 6. The summed E-state index contributed by atoms with van der Waals surface area (Å²) in [7, 11) is 0. The van der Waals surface area contributed by atoms with Crippen LogP contribution in [0.4, 0.5) is 4.39 Å². The standard InChI is InChI=1S/C24H33FO/c1-3-5-7-8-9-10-11-20-12-14-21(15-13-20)22-16-17-24(23(25)19-22)26-18-6-4-2/h12-17,19H,3-11,18H2,1-2H3. The molecule has 0 amide bonds. The van der Waals surface area contributed by atoms with Crippen molar-refractivity contribution >= 4 is 0 Å². The summed E-state index contributed by atoms with van der Waals surface area (Å²) in [5.74, 6) is 0.0663. The summed E-state index contributed by atoms with van der Waals surface area (Å²) in [6.07, 6.45) is 11.0. The lowest BCUT2D eigenvalue weighted by atomic mass is 10.0. The van der Waals surface area contributed by atoms with Gasteiger partial charge < -0.3 is 4.74 Å². The Morgan fingerprint density at radius 1 is 0.731 bits per heavy atom. The van der Waals surface area contributed by atoms with Crippen LogP contribution in [-0.4, -0.2) is 6.61 Å². The lowest BCUT2D eigenvalue weighted by molar-refractivity contribution is 0.294. The lowest BCUT2D eigenvalue weighted by Crippen LogP contribution is -1.98. The first kappa shape index (κ1) is 20.5. The average molecular weight is 357 g/mol. The number of hydrogen-bond donors (Lipinski definition) is 0. The van der Waals surface area contributed by atoms with Gasteiger partial charge >= 0.3 is 0 Å². The number of benzene rings is 2. The first-order valence-corrected chi connectivity index (χ1v) is 10.3. The van der Waals surface area contributed by atoms with E-state index >= 15 is 0 Å². The zero-order valence-corrected chi connectivity index (χ0v) is 16.4. The van der Waals surface area contributed by atoms with Gasteiger partial charge in [-0.1, -0.05) is 82.7 Å². The molecule has 142 valence electrons. The Balaban J connectivity index is 1.86. The van der Waals surface area contributed by atoms with Crippen LogP contribution in [0.1, 0.15) is 70.8 Å². The second-order valence-electron chi connectivity index (χ2n) is 7.06. The molecule has 2 rings (SSSR count). The molecule has 0 radical (unpaired) electrons. The Hall–Kier alpha value is -1.83. The van der Waals surface area contributed by atoms with Crippen molar-refractivity contribution in [2.24, 2.45) is 0 Å². The van der Waals surface area contributed by atoms with E-state index in [0.717, 1.165) is 30.4 Å². The highest BCUT2D eigenvalue weighted by atomic mass is 19.1. The molecule has 0 unspecified atom stereocenters. The van der Waals surface area contributed by atoms with Gasteiger partial charge in [0, 0.05) is 0 Å². The van der Waals surface area contributed by atoms with Crippen LogP contribution in [0.3, 0.4) is 0 Å². The highest BCUT2D eigenvalue weighted by Gasteiger charge is 2.06. The van der Waals surface area contributed by atoms with Crippen molar-refractivity contribution in [3.63, 3.8) is 0 Å². The lowest BCUT2D eigenvalue weighted by Gasteiger charge is -2.09. The molecule has 2 aromatic rings. The molecule has 0 fully saturated rings. The molecule has 0 saturated carbocycles. The van der Waals surface area contributed by atoms with E-state index in [0.29, 0.717) is 12.4 Å². The van der Waals surface area contributed by atoms with E-state index in [1.165, 1.54) is 44.1 Å². The fraction of sp³-hybridized carbons (Fsp3) is 0.500. The van der Waals surface area contributed by atoms with E-state index in [2.05, 4.69) is 38.1 Å². The maximum atomic E-state index is 14.2. The van der Waals surface area contributed by atoms with Crippen molar-refractivity contribution in [3.8, 4) is 16.9 Å². The van der Waals surface area contributed by atoms with Gasteiger partial charge in [0.1, 0.15) is 0 Å². The third kappa shape index (κ3) is 6.82. The normalized spacial score (nSPS) is 10.9. The first-order valence-electron chi connectivity index (χ1n) is 10.3.